The molecule has 1 heterocycles. The van der Waals surface area contributed by atoms with E-state index in [1.807, 2.05) is 0 Å². The van der Waals surface area contributed by atoms with Crippen molar-refractivity contribution in [2.24, 2.45) is 0 Å². The smallest absolute Gasteiger partial charge is 0.416 e. The van der Waals surface area contributed by atoms with E-state index in [1.54, 1.807) is 36.8 Å². The quantitative estimate of drug-likeness (QED) is 0.503. The van der Waals surface area contributed by atoms with Gasteiger partial charge in [0, 0.05) is 23.7 Å². The summed E-state index contributed by atoms with van der Waals surface area (Å²) in [5.74, 6) is 0.429. The van der Waals surface area contributed by atoms with Gasteiger partial charge in [-0.2, -0.15) is 13.2 Å². The van der Waals surface area contributed by atoms with Crippen molar-refractivity contribution in [3.63, 3.8) is 0 Å². The van der Waals surface area contributed by atoms with Crippen molar-refractivity contribution in [2.75, 3.05) is 25.6 Å². The van der Waals surface area contributed by atoms with Crippen LogP contribution in [0.5, 0.6) is 5.75 Å². The van der Waals surface area contributed by atoms with Gasteiger partial charge >= 0.3 is 6.18 Å². The fraction of sp³-hybridized carbons (Fsp3) is 0.238. The number of nitrogens with zero attached hydrogens (tertiary/aromatic N) is 1. The van der Waals surface area contributed by atoms with Gasteiger partial charge in [-0.25, -0.2) is 4.98 Å². The van der Waals surface area contributed by atoms with Gasteiger partial charge < -0.3 is 14.8 Å². The zero-order valence-corrected chi connectivity index (χ0v) is 16.8. The molecular weight excluding hydrogens is 417 g/mol. The Labute approximate surface area is 175 Å². The van der Waals surface area contributed by atoms with Crippen LogP contribution >= 0.6 is 11.3 Å². The molecule has 0 bridgehead atoms. The SMILES string of the molecule is COCCOc1ccc(NC(=O)Cc2csc(-c3ccc(C(F)(F)F)cc3)n2)cc1. The first-order chi connectivity index (χ1) is 14.3. The maximum absolute atomic E-state index is 12.7. The molecule has 1 amide bonds. The van der Waals surface area contributed by atoms with Gasteiger partial charge in [0.2, 0.25) is 5.91 Å². The lowest BCUT2D eigenvalue weighted by atomic mass is 10.1. The molecule has 0 fully saturated rings. The van der Waals surface area contributed by atoms with E-state index in [9.17, 15) is 18.0 Å². The van der Waals surface area contributed by atoms with E-state index in [4.69, 9.17) is 9.47 Å². The summed E-state index contributed by atoms with van der Waals surface area (Å²) in [5, 5.41) is 5.06. The van der Waals surface area contributed by atoms with E-state index in [1.165, 1.54) is 23.5 Å². The number of hydrogen-bond acceptors (Lipinski definition) is 5. The summed E-state index contributed by atoms with van der Waals surface area (Å²) < 4.78 is 48.4. The molecule has 158 valence electrons. The van der Waals surface area contributed by atoms with E-state index in [0.717, 1.165) is 12.1 Å². The minimum Gasteiger partial charge on any atom is -0.491 e. The molecule has 5 nitrogen and oxygen atoms in total. The van der Waals surface area contributed by atoms with E-state index in [2.05, 4.69) is 10.3 Å². The second-order valence-corrected chi connectivity index (χ2v) is 7.17. The highest BCUT2D eigenvalue weighted by Gasteiger charge is 2.30. The topological polar surface area (TPSA) is 60.5 Å². The zero-order valence-electron chi connectivity index (χ0n) is 16.0. The van der Waals surface area contributed by atoms with Crippen LogP contribution in [0.1, 0.15) is 11.3 Å². The molecule has 3 aromatic rings. The molecule has 0 aliphatic heterocycles. The van der Waals surface area contributed by atoms with Crippen molar-refractivity contribution in [1.82, 2.24) is 4.98 Å². The average Bonchev–Trinajstić information content (AvgIpc) is 3.17. The van der Waals surface area contributed by atoms with E-state index in [0.29, 0.717) is 40.9 Å². The van der Waals surface area contributed by atoms with E-state index < -0.39 is 11.7 Å². The zero-order chi connectivity index (χ0) is 21.6. The third-order valence-corrected chi connectivity index (χ3v) is 4.99. The van der Waals surface area contributed by atoms with Crippen LogP contribution in [0.25, 0.3) is 10.6 Å². The van der Waals surface area contributed by atoms with Gasteiger partial charge in [0.05, 0.1) is 24.3 Å². The molecule has 3 rings (SSSR count). The van der Waals surface area contributed by atoms with Crippen LogP contribution in [0.15, 0.2) is 53.9 Å². The van der Waals surface area contributed by atoms with Crippen molar-refractivity contribution in [3.8, 4) is 16.3 Å². The standard InChI is InChI=1S/C21H19F3N2O3S/c1-28-10-11-29-18-8-6-16(7-9-18)25-19(27)12-17-13-30-20(26-17)14-2-4-15(5-3-14)21(22,23)24/h2-9,13H,10-12H2,1H3,(H,25,27). The van der Waals surface area contributed by atoms with Crippen molar-refractivity contribution in [1.29, 1.82) is 0 Å². The largest absolute Gasteiger partial charge is 0.491 e. The maximum Gasteiger partial charge on any atom is 0.416 e. The number of aromatic nitrogens is 1. The molecule has 0 aliphatic rings. The van der Waals surface area contributed by atoms with Crippen LogP contribution in [0, 0.1) is 0 Å². The fourth-order valence-electron chi connectivity index (χ4n) is 2.57. The van der Waals surface area contributed by atoms with Gasteiger partial charge in [0.1, 0.15) is 17.4 Å². The van der Waals surface area contributed by atoms with Crippen LogP contribution < -0.4 is 10.1 Å². The van der Waals surface area contributed by atoms with Gasteiger partial charge in [-0.1, -0.05) is 12.1 Å². The van der Waals surface area contributed by atoms with Crippen molar-refractivity contribution < 1.29 is 27.4 Å². The number of carbonyl (C=O) groups excluding carboxylic acids is 1. The van der Waals surface area contributed by atoms with E-state index in [-0.39, 0.29) is 12.3 Å². The number of halogens is 3. The highest BCUT2D eigenvalue weighted by molar-refractivity contribution is 7.13. The first-order valence-corrected chi connectivity index (χ1v) is 9.87. The molecular formula is C21H19F3N2O3S. The van der Waals surface area contributed by atoms with Gasteiger partial charge in [0.15, 0.2) is 0 Å². The minimum atomic E-state index is -4.38. The number of thiazole rings is 1. The minimum absolute atomic E-state index is 0.0588. The van der Waals surface area contributed by atoms with Gasteiger partial charge in [-0.05, 0) is 36.4 Å². The van der Waals surface area contributed by atoms with Crippen molar-refractivity contribution in [2.45, 2.75) is 12.6 Å². The monoisotopic (exact) mass is 436 g/mol. The molecule has 9 heteroatoms. The van der Waals surface area contributed by atoms with Crippen LogP contribution in [-0.2, 0) is 22.1 Å². The summed E-state index contributed by atoms with van der Waals surface area (Å²) in [6, 6.07) is 11.7. The number of carbonyl (C=O) groups is 1. The van der Waals surface area contributed by atoms with Gasteiger partial charge in [0.25, 0.3) is 0 Å². The Balaban J connectivity index is 1.56. The molecule has 1 aromatic heterocycles. The van der Waals surface area contributed by atoms with Crippen molar-refractivity contribution in [3.05, 3.63) is 65.2 Å². The van der Waals surface area contributed by atoms with Crippen LogP contribution in [0.2, 0.25) is 0 Å². The molecule has 0 unspecified atom stereocenters. The number of anilines is 1. The Morgan fingerprint density at radius 1 is 1.07 bits per heavy atom. The summed E-state index contributed by atoms with van der Waals surface area (Å²) in [4.78, 5) is 16.6. The molecule has 1 N–H and O–H groups in total. The molecule has 2 aromatic carbocycles. The Kier molecular flexibility index (Phi) is 7.07. The Hall–Kier alpha value is -2.91. The van der Waals surface area contributed by atoms with Crippen molar-refractivity contribution >= 4 is 22.9 Å². The lowest BCUT2D eigenvalue weighted by Crippen LogP contribution is -2.14. The highest BCUT2D eigenvalue weighted by atomic mass is 32.1. The lowest BCUT2D eigenvalue weighted by Gasteiger charge is -2.07. The number of rotatable bonds is 8. The first kappa shape index (κ1) is 21.8. The predicted molar refractivity (Wildman–Crippen MR) is 109 cm³/mol. The van der Waals surface area contributed by atoms with Gasteiger partial charge in [-0.3, -0.25) is 4.79 Å². The summed E-state index contributed by atoms with van der Waals surface area (Å²) in [6.07, 6.45) is -4.32. The predicted octanol–water partition coefficient (Wildman–Crippen LogP) is 5.04. The normalized spacial score (nSPS) is 11.3. The summed E-state index contributed by atoms with van der Waals surface area (Å²) in [5.41, 5.74) is 1.03. The molecule has 0 radical (unpaired) electrons. The molecule has 0 saturated carbocycles. The van der Waals surface area contributed by atoms with E-state index >= 15 is 0 Å². The summed E-state index contributed by atoms with van der Waals surface area (Å²) >= 11 is 1.28. The van der Waals surface area contributed by atoms with Crippen LogP contribution in [0.3, 0.4) is 0 Å². The highest BCUT2D eigenvalue weighted by Crippen LogP contribution is 2.31. The molecule has 0 saturated heterocycles. The maximum atomic E-state index is 12.7. The molecule has 0 aliphatic carbocycles. The van der Waals surface area contributed by atoms with Crippen LogP contribution in [0.4, 0.5) is 18.9 Å². The Morgan fingerprint density at radius 2 is 1.77 bits per heavy atom. The summed E-state index contributed by atoms with van der Waals surface area (Å²) in [7, 11) is 1.59. The first-order valence-electron chi connectivity index (χ1n) is 8.99. The molecule has 0 atom stereocenters. The number of benzene rings is 2. The van der Waals surface area contributed by atoms with Crippen LogP contribution in [-0.4, -0.2) is 31.2 Å². The summed E-state index contributed by atoms with van der Waals surface area (Å²) in [6.45, 7) is 0.924. The third-order valence-electron chi connectivity index (χ3n) is 4.05. The fourth-order valence-corrected chi connectivity index (χ4v) is 3.40. The number of methoxy groups -OCH3 is 1. The average molecular weight is 436 g/mol. The number of hydrogen-bond donors (Lipinski definition) is 1. The second kappa shape index (κ2) is 9.73. The number of amides is 1. The number of alkyl halides is 3. The molecule has 0 spiro atoms. The lowest BCUT2D eigenvalue weighted by molar-refractivity contribution is -0.137. The van der Waals surface area contributed by atoms with Gasteiger partial charge in [-0.15, -0.1) is 11.3 Å². The molecule has 30 heavy (non-hydrogen) atoms. The number of ether oxygens (including phenoxy) is 2. The second-order valence-electron chi connectivity index (χ2n) is 6.31. The third kappa shape index (κ3) is 6.04. The Bertz CT molecular complexity index is 970. The number of nitrogens with one attached hydrogen (secondary N) is 1. The Morgan fingerprint density at radius 3 is 2.40 bits per heavy atom.